The highest BCUT2D eigenvalue weighted by Crippen LogP contribution is 1.60. The standard InChI is InChI=1S/C3H9NSi.H2/c1-2-3(4)5;/h2-3H,1,4H2,5H3;1H. The molecule has 0 spiro atoms. The normalized spacial score (nSPS) is 14.6. The quantitative estimate of drug-likeness (QED) is 0.326. The molecule has 1 nitrogen and oxygen atoms in total. The Balaban J connectivity index is 0. The second-order valence-electron chi connectivity index (χ2n) is 1.09. The predicted octanol–water partition coefficient (Wildman–Crippen LogP) is -0.931. The Labute approximate surface area is 36.8 Å². The van der Waals surface area contributed by atoms with Gasteiger partial charge in [0.05, 0.1) is 0 Å². The minimum Gasteiger partial charge on any atom is -0.328 e. The molecule has 0 aliphatic carbocycles. The molecule has 2 N–H and O–H groups in total. The van der Waals surface area contributed by atoms with Gasteiger partial charge in [-0.2, -0.15) is 0 Å². The average Bonchev–Trinajstić information content (AvgIpc) is 1.38. The van der Waals surface area contributed by atoms with E-state index in [0.717, 1.165) is 10.2 Å². The molecule has 0 aromatic rings. The van der Waals surface area contributed by atoms with Crippen molar-refractivity contribution in [2.24, 2.45) is 5.73 Å². The predicted molar refractivity (Wildman–Crippen MR) is 30.2 cm³/mol. The van der Waals surface area contributed by atoms with E-state index in [0.29, 0.717) is 0 Å². The maximum absolute atomic E-state index is 5.24. The smallest absolute Gasteiger partial charge is 0.0287 e. The molecule has 0 rings (SSSR count). The van der Waals surface area contributed by atoms with E-state index in [-0.39, 0.29) is 7.09 Å². The monoisotopic (exact) mass is 89.1 g/mol. The fourth-order valence-electron chi connectivity index (χ4n) is 0. The highest BCUT2D eigenvalue weighted by molar-refractivity contribution is 6.12. The summed E-state index contributed by atoms with van der Waals surface area (Å²) in [4.78, 5) is 0. The number of rotatable bonds is 1. The summed E-state index contributed by atoms with van der Waals surface area (Å²) in [6.07, 6.45) is 1.76. The van der Waals surface area contributed by atoms with Gasteiger partial charge in [0.2, 0.25) is 0 Å². The van der Waals surface area contributed by atoms with Crippen molar-refractivity contribution in [3.05, 3.63) is 12.7 Å². The first-order valence-electron chi connectivity index (χ1n) is 1.65. The van der Waals surface area contributed by atoms with Crippen molar-refractivity contribution >= 4 is 10.2 Å². The van der Waals surface area contributed by atoms with Crippen LogP contribution in [-0.4, -0.2) is 15.9 Å². The summed E-state index contributed by atoms with van der Waals surface area (Å²) in [6, 6.07) is 0. The van der Waals surface area contributed by atoms with Crippen molar-refractivity contribution in [2.45, 2.75) is 5.67 Å². The highest BCUT2D eigenvalue weighted by atomic mass is 28.1. The summed E-state index contributed by atoms with van der Waals surface area (Å²) in [6.45, 7) is 3.47. The molecule has 0 amide bonds. The average molecular weight is 89.2 g/mol. The van der Waals surface area contributed by atoms with Crippen LogP contribution in [0.5, 0.6) is 0 Å². The van der Waals surface area contributed by atoms with Gasteiger partial charge in [-0.15, -0.1) is 6.58 Å². The van der Waals surface area contributed by atoms with Crippen LogP contribution in [0, 0.1) is 0 Å². The summed E-state index contributed by atoms with van der Waals surface area (Å²) < 4.78 is 0. The molecular formula is C3H11NSi. The Morgan fingerprint density at radius 2 is 2.40 bits per heavy atom. The lowest BCUT2D eigenvalue weighted by molar-refractivity contribution is 1.15. The van der Waals surface area contributed by atoms with E-state index in [4.69, 9.17) is 5.73 Å². The lowest BCUT2D eigenvalue weighted by atomic mass is 10.7. The van der Waals surface area contributed by atoms with Gasteiger partial charge in [0, 0.05) is 17.3 Å². The zero-order valence-electron chi connectivity index (χ0n) is 3.44. The Hall–Kier alpha value is -0.0831. The third-order valence-corrected chi connectivity index (χ3v) is 0.843. The Morgan fingerprint density at radius 1 is 2.20 bits per heavy atom. The minimum atomic E-state index is 0. The van der Waals surface area contributed by atoms with Gasteiger partial charge in [-0.3, -0.25) is 0 Å². The van der Waals surface area contributed by atoms with Gasteiger partial charge in [0.1, 0.15) is 0 Å². The molecule has 0 aliphatic heterocycles. The summed E-state index contributed by atoms with van der Waals surface area (Å²) in [5.74, 6) is 0. The van der Waals surface area contributed by atoms with Crippen molar-refractivity contribution in [1.29, 1.82) is 0 Å². The summed E-state index contributed by atoms with van der Waals surface area (Å²) in [7, 11) is 1.03. The zero-order valence-corrected chi connectivity index (χ0v) is 5.44. The highest BCUT2D eigenvalue weighted by Gasteiger charge is 1.73. The van der Waals surface area contributed by atoms with Gasteiger partial charge in [0.15, 0.2) is 0 Å². The molecule has 0 aromatic heterocycles. The summed E-state index contributed by atoms with van der Waals surface area (Å²) in [5.41, 5.74) is 5.52. The van der Waals surface area contributed by atoms with Crippen LogP contribution in [0.25, 0.3) is 0 Å². The summed E-state index contributed by atoms with van der Waals surface area (Å²) in [5, 5.41) is 0. The molecule has 0 aliphatic rings. The molecule has 0 radical (unpaired) electrons. The molecule has 1 unspecified atom stereocenters. The van der Waals surface area contributed by atoms with Crippen LogP contribution in [0.15, 0.2) is 12.7 Å². The van der Waals surface area contributed by atoms with E-state index in [2.05, 4.69) is 6.58 Å². The van der Waals surface area contributed by atoms with E-state index >= 15 is 0 Å². The van der Waals surface area contributed by atoms with Gasteiger partial charge in [-0.1, -0.05) is 6.08 Å². The molecule has 1 atom stereocenters. The van der Waals surface area contributed by atoms with E-state index < -0.39 is 0 Å². The van der Waals surface area contributed by atoms with Crippen molar-refractivity contribution in [3.63, 3.8) is 0 Å². The molecule has 0 aromatic carbocycles. The number of nitrogens with two attached hydrogens (primary N) is 1. The maximum atomic E-state index is 5.24. The van der Waals surface area contributed by atoms with Crippen LogP contribution in [0.1, 0.15) is 1.43 Å². The van der Waals surface area contributed by atoms with Crippen molar-refractivity contribution in [2.75, 3.05) is 0 Å². The first-order chi connectivity index (χ1) is 2.27. The van der Waals surface area contributed by atoms with Crippen molar-refractivity contribution < 1.29 is 1.43 Å². The van der Waals surface area contributed by atoms with Gasteiger partial charge in [0.25, 0.3) is 0 Å². The van der Waals surface area contributed by atoms with E-state index in [1.54, 1.807) is 6.08 Å². The third kappa shape index (κ3) is 3.92. The molecule has 0 bridgehead atoms. The maximum Gasteiger partial charge on any atom is 0.0287 e. The number of hydrogen-bond acceptors (Lipinski definition) is 1. The van der Waals surface area contributed by atoms with Gasteiger partial charge in [-0.05, 0) is 0 Å². The third-order valence-electron chi connectivity index (χ3n) is 0.372. The molecular weight excluding hydrogens is 78.1 g/mol. The van der Waals surface area contributed by atoms with Crippen LogP contribution >= 0.6 is 0 Å². The fourth-order valence-corrected chi connectivity index (χ4v) is 0. The lowest BCUT2D eigenvalue weighted by Crippen LogP contribution is -2.14. The van der Waals surface area contributed by atoms with Crippen LogP contribution in [0.4, 0.5) is 0 Å². The Morgan fingerprint density at radius 3 is 2.40 bits per heavy atom. The molecule has 5 heavy (non-hydrogen) atoms. The Kier molecular flexibility index (Phi) is 2.14. The van der Waals surface area contributed by atoms with E-state index in [1.807, 2.05) is 0 Å². The van der Waals surface area contributed by atoms with Crippen LogP contribution < -0.4 is 5.73 Å². The fraction of sp³-hybridized carbons (Fsp3) is 0.333. The van der Waals surface area contributed by atoms with E-state index in [9.17, 15) is 0 Å². The first kappa shape index (κ1) is 4.92. The van der Waals surface area contributed by atoms with Crippen LogP contribution in [0.2, 0.25) is 0 Å². The van der Waals surface area contributed by atoms with E-state index in [1.165, 1.54) is 0 Å². The molecule has 32 valence electrons. The Bertz CT molecular complexity index is 37.8. The van der Waals surface area contributed by atoms with Crippen molar-refractivity contribution in [1.82, 2.24) is 0 Å². The minimum absolute atomic E-state index is 0. The summed E-state index contributed by atoms with van der Waals surface area (Å²) >= 11 is 0. The molecule has 2 heteroatoms. The SMILES string of the molecule is C=CC(N)[SiH3].[HH]. The van der Waals surface area contributed by atoms with Crippen molar-refractivity contribution in [3.8, 4) is 0 Å². The molecule has 0 heterocycles. The number of hydrogen-bond donors (Lipinski definition) is 1. The van der Waals surface area contributed by atoms with Crippen LogP contribution in [0.3, 0.4) is 0 Å². The molecule has 0 fully saturated rings. The van der Waals surface area contributed by atoms with Gasteiger partial charge < -0.3 is 5.73 Å². The first-order valence-corrected chi connectivity index (χ1v) is 2.81. The van der Waals surface area contributed by atoms with Gasteiger partial charge in [-0.25, -0.2) is 0 Å². The van der Waals surface area contributed by atoms with Gasteiger partial charge >= 0.3 is 0 Å². The second kappa shape index (κ2) is 2.17. The second-order valence-corrected chi connectivity index (χ2v) is 2.43. The molecule has 0 saturated carbocycles. The zero-order chi connectivity index (χ0) is 4.28. The van der Waals surface area contributed by atoms with Crippen LogP contribution in [-0.2, 0) is 0 Å². The molecule has 0 saturated heterocycles. The lowest BCUT2D eigenvalue weighted by Gasteiger charge is -1.85. The topological polar surface area (TPSA) is 26.0 Å². The largest absolute Gasteiger partial charge is 0.328 e.